The van der Waals surface area contributed by atoms with E-state index < -0.39 is 10.9 Å². The average Bonchev–Trinajstić information content (AvgIpc) is 2.16. The van der Waals surface area contributed by atoms with Crippen molar-refractivity contribution < 1.29 is 19.6 Å². The standard InChI is InChI=1S/C7H5NO4.C2H5NO/c9-7(10)5-3-1-2-4-6(5)8(11)12;1-2(3)4/h1-4H,(H,9,10);1H3,(H2,3,4). The SMILES string of the molecule is CC(N)=O.O=C(O)c1ccccc1[N+](=O)[O-]. The van der Waals surface area contributed by atoms with Crippen LogP contribution in [0.2, 0.25) is 0 Å². The number of hydrogen-bond acceptors (Lipinski definition) is 4. The second-order valence-corrected chi connectivity index (χ2v) is 2.69. The summed E-state index contributed by atoms with van der Waals surface area (Å²) < 4.78 is 0. The van der Waals surface area contributed by atoms with Crippen LogP contribution in [0.5, 0.6) is 0 Å². The first-order valence-electron chi connectivity index (χ1n) is 4.09. The molecule has 7 heteroatoms. The van der Waals surface area contributed by atoms with Crippen LogP contribution in [0.15, 0.2) is 24.3 Å². The Hall–Kier alpha value is -2.44. The predicted octanol–water partition coefficient (Wildman–Crippen LogP) is 0.785. The number of nitro groups is 1. The number of rotatable bonds is 2. The number of primary amides is 1. The van der Waals surface area contributed by atoms with Gasteiger partial charge in [-0.25, -0.2) is 4.79 Å². The van der Waals surface area contributed by atoms with E-state index in [-0.39, 0.29) is 17.2 Å². The van der Waals surface area contributed by atoms with Crippen LogP contribution in [0.4, 0.5) is 5.69 Å². The van der Waals surface area contributed by atoms with Crippen molar-refractivity contribution in [2.75, 3.05) is 0 Å². The van der Waals surface area contributed by atoms with Gasteiger partial charge in [0.05, 0.1) is 4.92 Å². The van der Waals surface area contributed by atoms with E-state index in [0.29, 0.717) is 0 Å². The molecule has 0 aliphatic carbocycles. The minimum Gasteiger partial charge on any atom is -0.477 e. The van der Waals surface area contributed by atoms with Gasteiger partial charge in [-0.2, -0.15) is 0 Å². The van der Waals surface area contributed by atoms with E-state index >= 15 is 0 Å². The maximum Gasteiger partial charge on any atom is 0.342 e. The van der Waals surface area contributed by atoms with Crippen LogP contribution in [0, 0.1) is 10.1 Å². The Bertz CT molecular complexity index is 379. The molecule has 1 aromatic rings. The Morgan fingerprint density at radius 2 is 1.81 bits per heavy atom. The number of carboxylic acids is 1. The van der Waals surface area contributed by atoms with E-state index in [1.165, 1.54) is 25.1 Å². The van der Waals surface area contributed by atoms with Crippen LogP contribution in [0.25, 0.3) is 0 Å². The summed E-state index contributed by atoms with van der Waals surface area (Å²) in [6.07, 6.45) is 0. The van der Waals surface area contributed by atoms with Gasteiger partial charge in [0.25, 0.3) is 5.69 Å². The average molecular weight is 226 g/mol. The molecule has 0 aliphatic heterocycles. The minimum atomic E-state index is -1.29. The molecule has 0 radical (unpaired) electrons. The van der Waals surface area contributed by atoms with Gasteiger partial charge in [-0.3, -0.25) is 14.9 Å². The number of hydrogen-bond donors (Lipinski definition) is 2. The summed E-state index contributed by atoms with van der Waals surface area (Å²) in [6.45, 7) is 1.31. The van der Waals surface area contributed by atoms with Crippen molar-refractivity contribution in [2.45, 2.75) is 6.92 Å². The van der Waals surface area contributed by atoms with E-state index in [9.17, 15) is 19.7 Å². The van der Waals surface area contributed by atoms with Crippen molar-refractivity contribution >= 4 is 17.6 Å². The summed E-state index contributed by atoms with van der Waals surface area (Å²) in [7, 11) is 0. The molecule has 1 amide bonds. The number of amides is 1. The fourth-order valence-corrected chi connectivity index (χ4v) is 0.814. The van der Waals surface area contributed by atoms with E-state index in [0.717, 1.165) is 6.07 Å². The first-order valence-corrected chi connectivity index (χ1v) is 4.09. The number of carboxylic acid groups (broad SMARTS) is 1. The van der Waals surface area contributed by atoms with E-state index in [1.54, 1.807) is 0 Å². The summed E-state index contributed by atoms with van der Waals surface area (Å²) >= 11 is 0. The molecule has 16 heavy (non-hydrogen) atoms. The Balaban J connectivity index is 0.000000487. The highest BCUT2D eigenvalue weighted by molar-refractivity contribution is 5.92. The van der Waals surface area contributed by atoms with Crippen LogP contribution in [-0.2, 0) is 4.79 Å². The zero-order valence-corrected chi connectivity index (χ0v) is 8.41. The molecule has 86 valence electrons. The molecule has 0 saturated carbocycles. The molecule has 0 aromatic heterocycles. The Morgan fingerprint density at radius 3 is 2.12 bits per heavy atom. The minimum absolute atomic E-state index is 0.289. The number of aromatic carboxylic acids is 1. The first kappa shape index (κ1) is 13.6. The van der Waals surface area contributed by atoms with Crippen LogP contribution in [0.1, 0.15) is 17.3 Å². The van der Waals surface area contributed by atoms with Crippen molar-refractivity contribution in [3.63, 3.8) is 0 Å². The summed E-state index contributed by atoms with van der Waals surface area (Å²) in [4.78, 5) is 29.2. The third kappa shape index (κ3) is 4.70. The highest BCUT2D eigenvalue weighted by Crippen LogP contribution is 2.16. The van der Waals surface area contributed by atoms with Gasteiger partial charge >= 0.3 is 5.97 Å². The fourth-order valence-electron chi connectivity index (χ4n) is 0.814. The van der Waals surface area contributed by atoms with Gasteiger partial charge in [0.1, 0.15) is 5.56 Å². The molecule has 7 nitrogen and oxygen atoms in total. The van der Waals surface area contributed by atoms with E-state index in [1.807, 2.05) is 0 Å². The normalized spacial score (nSPS) is 8.56. The van der Waals surface area contributed by atoms with E-state index in [2.05, 4.69) is 5.73 Å². The van der Waals surface area contributed by atoms with Crippen LogP contribution >= 0.6 is 0 Å². The Morgan fingerprint density at radius 1 is 1.38 bits per heavy atom. The van der Waals surface area contributed by atoms with Gasteiger partial charge in [0, 0.05) is 13.0 Å². The van der Waals surface area contributed by atoms with Crippen molar-refractivity contribution in [1.29, 1.82) is 0 Å². The molecule has 0 saturated heterocycles. The lowest BCUT2D eigenvalue weighted by Gasteiger charge is -1.94. The van der Waals surface area contributed by atoms with Crippen molar-refractivity contribution in [3.05, 3.63) is 39.9 Å². The second kappa shape index (κ2) is 6.12. The van der Waals surface area contributed by atoms with Crippen molar-refractivity contribution in [1.82, 2.24) is 0 Å². The number of carbonyl (C=O) groups excluding carboxylic acids is 1. The lowest BCUT2D eigenvalue weighted by Crippen LogP contribution is -2.01. The third-order valence-corrected chi connectivity index (χ3v) is 1.33. The summed E-state index contributed by atoms with van der Waals surface area (Å²) in [6, 6.07) is 5.21. The van der Waals surface area contributed by atoms with Gasteiger partial charge in [-0.15, -0.1) is 0 Å². The van der Waals surface area contributed by atoms with Crippen LogP contribution < -0.4 is 5.73 Å². The third-order valence-electron chi connectivity index (χ3n) is 1.33. The quantitative estimate of drug-likeness (QED) is 0.569. The highest BCUT2D eigenvalue weighted by atomic mass is 16.6. The molecule has 1 aromatic carbocycles. The van der Waals surface area contributed by atoms with Crippen molar-refractivity contribution in [3.8, 4) is 0 Å². The smallest absolute Gasteiger partial charge is 0.342 e. The zero-order chi connectivity index (χ0) is 12.7. The monoisotopic (exact) mass is 226 g/mol. The maximum atomic E-state index is 10.4. The van der Waals surface area contributed by atoms with Crippen molar-refractivity contribution in [2.24, 2.45) is 5.73 Å². The summed E-state index contributed by atoms with van der Waals surface area (Å²) in [5, 5.41) is 18.8. The van der Waals surface area contributed by atoms with Crippen LogP contribution in [-0.4, -0.2) is 21.9 Å². The Labute approximate surface area is 90.6 Å². The fraction of sp³-hybridized carbons (Fsp3) is 0.111. The lowest BCUT2D eigenvalue weighted by atomic mass is 10.2. The molecule has 0 fully saturated rings. The predicted molar refractivity (Wildman–Crippen MR) is 54.9 cm³/mol. The number of nitrogens with zero attached hydrogens (tertiary/aromatic N) is 1. The molecular formula is C9H10N2O5. The number of para-hydroxylation sites is 1. The maximum absolute atomic E-state index is 10.4. The summed E-state index contributed by atoms with van der Waals surface area (Å²) in [5.41, 5.74) is 3.80. The largest absolute Gasteiger partial charge is 0.477 e. The van der Waals surface area contributed by atoms with Crippen LogP contribution in [0.3, 0.4) is 0 Å². The highest BCUT2D eigenvalue weighted by Gasteiger charge is 2.17. The molecule has 1 rings (SSSR count). The molecule has 0 spiro atoms. The zero-order valence-electron chi connectivity index (χ0n) is 8.41. The number of carbonyl (C=O) groups is 2. The second-order valence-electron chi connectivity index (χ2n) is 2.69. The number of nitro benzene ring substituents is 1. The molecule has 0 atom stereocenters. The van der Waals surface area contributed by atoms with Gasteiger partial charge in [-0.05, 0) is 6.07 Å². The molecule has 0 heterocycles. The van der Waals surface area contributed by atoms with Gasteiger partial charge < -0.3 is 10.8 Å². The molecule has 0 unspecified atom stereocenters. The number of benzene rings is 1. The number of nitrogens with two attached hydrogens (primary N) is 1. The van der Waals surface area contributed by atoms with Gasteiger partial charge in [0.2, 0.25) is 5.91 Å². The van der Waals surface area contributed by atoms with Gasteiger partial charge in [0.15, 0.2) is 0 Å². The topological polar surface area (TPSA) is 124 Å². The molecule has 0 bridgehead atoms. The lowest BCUT2D eigenvalue weighted by molar-refractivity contribution is -0.385. The Kier molecular flexibility index (Phi) is 5.19. The molecular weight excluding hydrogens is 216 g/mol. The molecule has 3 N–H and O–H groups in total. The molecule has 0 aliphatic rings. The van der Waals surface area contributed by atoms with E-state index in [4.69, 9.17) is 5.11 Å². The first-order chi connectivity index (χ1) is 7.36. The summed E-state index contributed by atoms with van der Waals surface area (Å²) in [5.74, 6) is -1.62. The van der Waals surface area contributed by atoms with Gasteiger partial charge in [-0.1, -0.05) is 12.1 Å².